The average Bonchev–Trinajstić information content (AvgIpc) is 2.93. The topological polar surface area (TPSA) is 88.2 Å². The van der Waals surface area contributed by atoms with Gasteiger partial charge in [-0.05, 0) is 38.1 Å². The maximum absolute atomic E-state index is 13.1. The van der Waals surface area contributed by atoms with Gasteiger partial charge in [-0.1, -0.05) is 11.6 Å². The van der Waals surface area contributed by atoms with Crippen LogP contribution >= 0.6 is 11.6 Å². The predicted octanol–water partition coefficient (Wildman–Crippen LogP) is 2.89. The number of nitrogens with zero attached hydrogens (tertiary/aromatic N) is 4. The largest absolute Gasteiger partial charge is 0.449 e. The normalized spacial score (nSPS) is 11.6. The molecule has 2 rings (SSSR count). The molecule has 27 heavy (non-hydrogen) atoms. The van der Waals surface area contributed by atoms with Gasteiger partial charge in [0.2, 0.25) is 0 Å². The molecule has 0 aliphatic rings. The highest BCUT2D eigenvalue weighted by atomic mass is 35.5. The van der Waals surface area contributed by atoms with Crippen LogP contribution in [-0.4, -0.2) is 46.3 Å². The summed E-state index contributed by atoms with van der Waals surface area (Å²) in [6.07, 6.45) is -0.871. The molecule has 0 fully saturated rings. The van der Waals surface area contributed by atoms with Crippen molar-refractivity contribution >= 4 is 23.5 Å². The van der Waals surface area contributed by atoms with E-state index in [-0.39, 0.29) is 23.7 Å². The first kappa shape index (κ1) is 20.4. The third-order valence-electron chi connectivity index (χ3n) is 3.85. The molecule has 1 amide bonds. The second-order valence-electron chi connectivity index (χ2n) is 5.85. The molecule has 1 aromatic carbocycles. The fourth-order valence-corrected chi connectivity index (χ4v) is 2.74. The minimum atomic E-state index is -1.05. The highest BCUT2D eigenvalue weighted by Gasteiger charge is 2.27. The van der Waals surface area contributed by atoms with Crippen molar-refractivity contribution < 1.29 is 18.7 Å². The van der Waals surface area contributed by atoms with Gasteiger partial charge in [-0.3, -0.25) is 4.79 Å². The lowest BCUT2D eigenvalue weighted by atomic mass is 10.2. The fraction of sp³-hybridized carbons (Fsp3) is 0.333. The molecule has 1 atom stereocenters. The zero-order chi connectivity index (χ0) is 20.1. The van der Waals surface area contributed by atoms with Crippen molar-refractivity contribution in [3.63, 3.8) is 0 Å². The first-order valence-electron chi connectivity index (χ1n) is 8.10. The lowest BCUT2D eigenvalue weighted by Crippen LogP contribution is -2.38. The Morgan fingerprint density at radius 2 is 2.04 bits per heavy atom. The summed E-state index contributed by atoms with van der Waals surface area (Å²) in [5.41, 5.74) is 0.816. The number of benzene rings is 1. The molecule has 0 radical (unpaired) electrons. The van der Waals surface area contributed by atoms with Crippen molar-refractivity contribution in [2.24, 2.45) is 0 Å². The van der Waals surface area contributed by atoms with Crippen molar-refractivity contribution in [2.45, 2.75) is 26.4 Å². The van der Waals surface area contributed by atoms with Gasteiger partial charge in [0.25, 0.3) is 5.91 Å². The number of carbonyl (C=O) groups is 2. The quantitative estimate of drug-likeness (QED) is 0.705. The van der Waals surface area contributed by atoms with Crippen LogP contribution in [0.2, 0.25) is 5.15 Å². The van der Waals surface area contributed by atoms with E-state index < -0.39 is 23.8 Å². The van der Waals surface area contributed by atoms with E-state index in [1.165, 1.54) is 47.8 Å². The summed E-state index contributed by atoms with van der Waals surface area (Å²) in [6.45, 7) is 3.25. The number of nitriles is 1. The number of ether oxygens (including phenoxy) is 1. The Morgan fingerprint density at radius 1 is 1.41 bits per heavy atom. The number of rotatable bonds is 6. The highest BCUT2D eigenvalue weighted by Crippen LogP contribution is 2.25. The number of esters is 1. The molecule has 0 aliphatic carbocycles. The number of aromatic nitrogens is 2. The summed E-state index contributed by atoms with van der Waals surface area (Å²) >= 11 is 6.27. The van der Waals surface area contributed by atoms with Crippen molar-refractivity contribution in [3.05, 3.63) is 46.5 Å². The molecule has 0 N–H and O–H groups in total. The highest BCUT2D eigenvalue weighted by molar-refractivity contribution is 6.33. The van der Waals surface area contributed by atoms with Gasteiger partial charge < -0.3 is 9.64 Å². The standard InChI is InChI=1S/C18H18ClFN4O3/c1-11-15(16(19)24(22-11)14-7-5-13(20)6-8-14)18(26)27-12(2)17(25)23(3)10-4-9-21/h5-8,12H,4,10H2,1-3H3/t12-/m1/s1. The number of amides is 1. The Hall–Kier alpha value is -2.92. The van der Waals surface area contributed by atoms with Crippen LogP contribution < -0.4 is 0 Å². The minimum absolute atomic E-state index is 0.00147. The van der Waals surface area contributed by atoms with Crippen molar-refractivity contribution in [1.82, 2.24) is 14.7 Å². The van der Waals surface area contributed by atoms with Crippen LogP contribution in [-0.2, 0) is 9.53 Å². The molecular weight excluding hydrogens is 375 g/mol. The van der Waals surface area contributed by atoms with Crippen LogP contribution in [0.1, 0.15) is 29.4 Å². The van der Waals surface area contributed by atoms with Gasteiger partial charge in [0.05, 0.1) is 23.9 Å². The molecule has 9 heteroatoms. The monoisotopic (exact) mass is 392 g/mol. The Kier molecular flexibility index (Phi) is 6.53. The summed E-state index contributed by atoms with van der Waals surface area (Å²) < 4.78 is 19.6. The minimum Gasteiger partial charge on any atom is -0.449 e. The number of hydrogen-bond donors (Lipinski definition) is 0. The van der Waals surface area contributed by atoms with E-state index in [2.05, 4.69) is 5.10 Å². The van der Waals surface area contributed by atoms with Gasteiger partial charge in [0.1, 0.15) is 16.5 Å². The van der Waals surface area contributed by atoms with E-state index in [1.54, 1.807) is 6.92 Å². The summed E-state index contributed by atoms with van der Waals surface area (Å²) in [5.74, 6) is -1.63. The molecule has 1 aromatic heterocycles. The molecule has 142 valence electrons. The van der Waals surface area contributed by atoms with Gasteiger partial charge in [-0.2, -0.15) is 10.4 Å². The third-order valence-corrected chi connectivity index (χ3v) is 4.20. The number of halogens is 2. The van der Waals surface area contributed by atoms with Crippen molar-refractivity contribution in [2.75, 3.05) is 13.6 Å². The van der Waals surface area contributed by atoms with Gasteiger partial charge in [-0.15, -0.1) is 0 Å². The first-order valence-corrected chi connectivity index (χ1v) is 8.48. The van der Waals surface area contributed by atoms with Crippen LogP contribution in [0.5, 0.6) is 0 Å². The SMILES string of the molecule is Cc1nn(-c2ccc(F)cc2)c(Cl)c1C(=O)O[C@H](C)C(=O)N(C)CCC#N. The van der Waals surface area contributed by atoms with Gasteiger partial charge >= 0.3 is 5.97 Å². The smallest absolute Gasteiger partial charge is 0.344 e. The van der Waals surface area contributed by atoms with E-state index in [0.29, 0.717) is 11.4 Å². The summed E-state index contributed by atoms with van der Waals surface area (Å²) in [4.78, 5) is 26.0. The predicted molar refractivity (Wildman–Crippen MR) is 96.0 cm³/mol. The number of likely N-dealkylation sites (N-methyl/N-ethyl adjacent to an activating group) is 1. The van der Waals surface area contributed by atoms with Gasteiger partial charge in [0.15, 0.2) is 6.10 Å². The molecule has 0 aliphatic heterocycles. The zero-order valence-electron chi connectivity index (χ0n) is 15.1. The van der Waals surface area contributed by atoms with Crippen molar-refractivity contribution in [3.8, 4) is 11.8 Å². The average molecular weight is 393 g/mol. The summed E-state index contributed by atoms with van der Waals surface area (Å²) in [5, 5.41) is 12.8. The maximum Gasteiger partial charge on any atom is 0.344 e. The molecule has 0 saturated heterocycles. The first-order chi connectivity index (χ1) is 12.8. The molecule has 7 nitrogen and oxygen atoms in total. The molecule has 2 aromatic rings. The van der Waals surface area contributed by atoms with E-state index in [0.717, 1.165) is 0 Å². The van der Waals surface area contributed by atoms with Crippen LogP contribution in [0.4, 0.5) is 4.39 Å². The number of carbonyl (C=O) groups excluding carboxylic acids is 2. The van der Waals surface area contributed by atoms with E-state index >= 15 is 0 Å². The second-order valence-corrected chi connectivity index (χ2v) is 6.21. The molecule has 1 heterocycles. The second kappa shape index (κ2) is 8.64. The van der Waals surface area contributed by atoms with Crippen LogP contribution in [0.3, 0.4) is 0 Å². The molecular formula is C18H18ClFN4O3. The van der Waals surface area contributed by atoms with Gasteiger partial charge in [0, 0.05) is 13.6 Å². The molecule has 0 saturated carbocycles. The maximum atomic E-state index is 13.1. The van der Waals surface area contributed by atoms with Crippen molar-refractivity contribution in [1.29, 1.82) is 5.26 Å². The lowest BCUT2D eigenvalue weighted by molar-refractivity contribution is -0.138. The molecule has 0 unspecified atom stereocenters. The Labute approximate surface area is 160 Å². The van der Waals surface area contributed by atoms with E-state index in [1.807, 2.05) is 6.07 Å². The summed E-state index contributed by atoms with van der Waals surface area (Å²) in [6, 6.07) is 7.38. The summed E-state index contributed by atoms with van der Waals surface area (Å²) in [7, 11) is 1.52. The Balaban J connectivity index is 2.18. The Morgan fingerprint density at radius 3 is 2.63 bits per heavy atom. The molecule has 0 spiro atoms. The third kappa shape index (κ3) is 4.63. The molecule has 0 bridgehead atoms. The van der Waals surface area contributed by atoms with Crippen LogP contribution in [0.25, 0.3) is 5.69 Å². The number of aryl methyl sites for hydroxylation is 1. The lowest BCUT2D eigenvalue weighted by Gasteiger charge is -2.20. The van der Waals surface area contributed by atoms with E-state index in [4.69, 9.17) is 21.6 Å². The number of hydrogen-bond acceptors (Lipinski definition) is 5. The fourth-order valence-electron chi connectivity index (χ4n) is 2.39. The zero-order valence-corrected chi connectivity index (χ0v) is 15.8. The van der Waals surface area contributed by atoms with Gasteiger partial charge in [-0.25, -0.2) is 13.9 Å². The van der Waals surface area contributed by atoms with E-state index in [9.17, 15) is 14.0 Å². The van der Waals surface area contributed by atoms with Crippen LogP contribution in [0, 0.1) is 24.1 Å². The van der Waals surface area contributed by atoms with Crippen LogP contribution in [0.15, 0.2) is 24.3 Å². The Bertz CT molecular complexity index is 889.